The highest BCUT2D eigenvalue weighted by atomic mass is 35.5. The molecule has 0 spiro atoms. The van der Waals surface area contributed by atoms with Gasteiger partial charge in [-0.3, -0.25) is 0 Å². The lowest BCUT2D eigenvalue weighted by Gasteiger charge is -2.10. The molecule has 0 unspecified atom stereocenters. The van der Waals surface area contributed by atoms with Gasteiger partial charge in [0.2, 0.25) is 0 Å². The summed E-state index contributed by atoms with van der Waals surface area (Å²) in [6.07, 6.45) is 1.04. The third kappa shape index (κ3) is 3.18. The van der Waals surface area contributed by atoms with Crippen LogP contribution in [0.25, 0.3) is 0 Å². The number of benzene rings is 2. The van der Waals surface area contributed by atoms with Crippen LogP contribution < -0.4 is 5.32 Å². The summed E-state index contributed by atoms with van der Waals surface area (Å²) >= 11 is 12.1. The third-order valence-corrected chi connectivity index (χ3v) is 3.71. The van der Waals surface area contributed by atoms with E-state index in [0.717, 1.165) is 17.7 Å². The fraction of sp³-hybridized carbons (Fsp3) is 0.200. The molecule has 0 bridgehead atoms. The molecule has 1 N–H and O–H groups in total. The van der Waals surface area contributed by atoms with E-state index in [2.05, 4.69) is 36.5 Å². The molecule has 0 saturated carbocycles. The highest BCUT2D eigenvalue weighted by molar-refractivity contribution is 6.42. The lowest BCUT2D eigenvalue weighted by molar-refractivity contribution is 1.12. The molecule has 0 aliphatic carbocycles. The Labute approximate surface area is 118 Å². The fourth-order valence-electron chi connectivity index (χ4n) is 1.78. The lowest BCUT2D eigenvalue weighted by atomic mass is 10.1. The molecular formula is C15H15Cl2N. The topological polar surface area (TPSA) is 12.0 Å². The first-order valence-corrected chi connectivity index (χ1v) is 6.72. The molecule has 0 atom stereocenters. The van der Waals surface area contributed by atoms with Crippen molar-refractivity contribution in [1.29, 1.82) is 0 Å². The van der Waals surface area contributed by atoms with Gasteiger partial charge in [-0.1, -0.05) is 54.4 Å². The van der Waals surface area contributed by atoms with E-state index in [1.54, 1.807) is 6.07 Å². The summed E-state index contributed by atoms with van der Waals surface area (Å²) in [6.45, 7) is 2.82. The van der Waals surface area contributed by atoms with Gasteiger partial charge in [-0.05, 0) is 35.7 Å². The van der Waals surface area contributed by atoms with E-state index < -0.39 is 0 Å². The number of aryl methyl sites for hydroxylation is 1. The maximum absolute atomic E-state index is 6.15. The highest BCUT2D eigenvalue weighted by Crippen LogP contribution is 2.26. The molecule has 2 aromatic rings. The van der Waals surface area contributed by atoms with Crippen LogP contribution in [0.5, 0.6) is 0 Å². The smallest absolute Gasteiger partial charge is 0.0642 e. The molecule has 3 heteroatoms. The van der Waals surface area contributed by atoms with Crippen LogP contribution in [0.2, 0.25) is 10.0 Å². The standard InChI is InChI=1S/C15H15Cl2N/c1-2-11-5-3-7-13(9-11)18-10-12-6-4-8-14(16)15(12)17/h3-9,18H,2,10H2,1H3. The predicted molar refractivity (Wildman–Crippen MR) is 79.6 cm³/mol. The minimum Gasteiger partial charge on any atom is -0.381 e. The molecule has 0 aliphatic rings. The van der Waals surface area contributed by atoms with Crippen LogP contribution in [0.15, 0.2) is 42.5 Å². The van der Waals surface area contributed by atoms with Gasteiger partial charge in [-0.15, -0.1) is 0 Å². The number of hydrogen-bond donors (Lipinski definition) is 1. The van der Waals surface area contributed by atoms with Crippen molar-refractivity contribution in [3.63, 3.8) is 0 Å². The summed E-state index contributed by atoms with van der Waals surface area (Å²) < 4.78 is 0. The Morgan fingerprint density at radius 1 is 1.06 bits per heavy atom. The second kappa shape index (κ2) is 6.12. The second-order valence-electron chi connectivity index (χ2n) is 4.12. The SMILES string of the molecule is CCc1cccc(NCc2cccc(Cl)c2Cl)c1. The van der Waals surface area contributed by atoms with E-state index in [9.17, 15) is 0 Å². The van der Waals surface area contributed by atoms with Crippen LogP contribution in [0.3, 0.4) is 0 Å². The van der Waals surface area contributed by atoms with Crippen LogP contribution in [0, 0.1) is 0 Å². The Hall–Kier alpha value is -1.18. The Bertz CT molecular complexity index is 538. The van der Waals surface area contributed by atoms with Crippen molar-refractivity contribution in [3.05, 3.63) is 63.6 Å². The quantitative estimate of drug-likeness (QED) is 0.814. The van der Waals surface area contributed by atoms with Gasteiger partial charge in [-0.25, -0.2) is 0 Å². The minimum atomic E-state index is 0.596. The van der Waals surface area contributed by atoms with E-state index in [1.807, 2.05) is 12.1 Å². The van der Waals surface area contributed by atoms with Gasteiger partial charge in [0.25, 0.3) is 0 Å². The van der Waals surface area contributed by atoms with Gasteiger partial charge >= 0.3 is 0 Å². The predicted octanol–water partition coefficient (Wildman–Crippen LogP) is 5.17. The van der Waals surface area contributed by atoms with Crippen LogP contribution in [0.4, 0.5) is 5.69 Å². The van der Waals surface area contributed by atoms with Crippen LogP contribution in [0.1, 0.15) is 18.1 Å². The summed E-state index contributed by atoms with van der Waals surface area (Å²) in [6, 6.07) is 14.1. The number of nitrogens with one attached hydrogen (secondary N) is 1. The first-order chi connectivity index (χ1) is 8.70. The van der Waals surface area contributed by atoms with Crippen molar-refractivity contribution < 1.29 is 0 Å². The van der Waals surface area contributed by atoms with Gasteiger partial charge in [-0.2, -0.15) is 0 Å². The van der Waals surface area contributed by atoms with Crippen molar-refractivity contribution in [3.8, 4) is 0 Å². The average Bonchev–Trinajstić information content (AvgIpc) is 2.41. The number of anilines is 1. The fourth-order valence-corrected chi connectivity index (χ4v) is 2.17. The monoisotopic (exact) mass is 279 g/mol. The number of hydrogen-bond acceptors (Lipinski definition) is 1. The molecule has 2 aromatic carbocycles. The molecule has 94 valence electrons. The van der Waals surface area contributed by atoms with E-state index >= 15 is 0 Å². The van der Waals surface area contributed by atoms with Gasteiger partial charge < -0.3 is 5.32 Å². The molecule has 18 heavy (non-hydrogen) atoms. The molecule has 0 radical (unpaired) electrons. The zero-order valence-corrected chi connectivity index (χ0v) is 11.7. The molecular weight excluding hydrogens is 265 g/mol. The minimum absolute atomic E-state index is 0.596. The van der Waals surface area contributed by atoms with E-state index in [1.165, 1.54) is 5.56 Å². The lowest BCUT2D eigenvalue weighted by Crippen LogP contribution is -2.00. The molecule has 2 rings (SSSR count). The number of rotatable bonds is 4. The maximum Gasteiger partial charge on any atom is 0.0642 e. The third-order valence-electron chi connectivity index (χ3n) is 2.85. The van der Waals surface area contributed by atoms with Gasteiger partial charge in [0, 0.05) is 12.2 Å². The molecule has 0 amide bonds. The van der Waals surface area contributed by atoms with Crippen molar-refractivity contribution in [2.24, 2.45) is 0 Å². The Morgan fingerprint density at radius 2 is 1.83 bits per heavy atom. The highest BCUT2D eigenvalue weighted by Gasteiger charge is 2.03. The van der Waals surface area contributed by atoms with Gasteiger partial charge in [0.1, 0.15) is 0 Å². The Balaban J connectivity index is 2.09. The second-order valence-corrected chi connectivity index (χ2v) is 4.91. The Kier molecular flexibility index (Phi) is 4.51. The summed E-state index contributed by atoms with van der Waals surface area (Å²) in [5, 5.41) is 4.58. The Morgan fingerprint density at radius 3 is 2.61 bits per heavy atom. The summed E-state index contributed by atoms with van der Waals surface area (Å²) in [4.78, 5) is 0. The zero-order chi connectivity index (χ0) is 13.0. The van der Waals surface area contributed by atoms with Crippen molar-refractivity contribution in [2.45, 2.75) is 19.9 Å². The average molecular weight is 280 g/mol. The largest absolute Gasteiger partial charge is 0.381 e. The molecule has 0 saturated heterocycles. The van der Waals surface area contributed by atoms with Crippen LogP contribution >= 0.6 is 23.2 Å². The van der Waals surface area contributed by atoms with Crippen LogP contribution in [-0.4, -0.2) is 0 Å². The molecule has 0 aliphatic heterocycles. The zero-order valence-electron chi connectivity index (χ0n) is 10.2. The van der Waals surface area contributed by atoms with Gasteiger partial charge in [0.15, 0.2) is 0 Å². The maximum atomic E-state index is 6.15. The molecule has 0 aromatic heterocycles. The van der Waals surface area contributed by atoms with Crippen molar-refractivity contribution in [2.75, 3.05) is 5.32 Å². The van der Waals surface area contributed by atoms with E-state index in [4.69, 9.17) is 23.2 Å². The van der Waals surface area contributed by atoms with Gasteiger partial charge in [0.05, 0.1) is 10.0 Å². The molecule has 0 heterocycles. The summed E-state index contributed by atoms with van der Waals surface area (Å²) in [7, 11) is 0. The molecule has 0 fully saturated rings. The summed E-state index contributed by atoms with van der Waals surface area (Å²) in [5.74, 6) is 0. The van der Waals surface area contributed by atoms with E-state index in [0.29, 0.717) is 16.6 Å². The molecule has 1 nitrogen and oxygen atoms in total. The summed E-state index contributed by atoms with van der Waals surface area (Å²) in [5.41, 5.74) is 3.42. The first-order valence-electron chi connectivity index (χ1n) is 5.96. The number of halogens is 2. The normalized spacial score (nSPS) is 10.4. The van der Waals surface area contributed by atoms with Crippen molar-refractivity contribution in [1.82, 2.24) is 0 Å². The first kappa shape index (κ1) is 13.3. The van der Waals surface area contributed by atoms with Crippen LogP contribution in [-0.2, 0) is 13.0 Å². The van der Waals surface area contributed by atoms with Crippen molar-refractivity contribution >= 4 is 28.9 Å². The van der Waals surface area contributed by atoms with E-state index in [-0.39, 0.29) is 0 Å².